The van der Waals surface area contributed by atoms with E-state index in [1.165, 1.54) is 11.3 Å². The summed E-state index contributed by atoms with van der Waals surface area (Å²) in [4.78, 5) is 0. The Balaban J connectivity index is 2.30. The first-order valence-electron chi connectivity index (χ1n) is 6.61. The van der Waals surface area contributed by atoms with Crippen molar-refractivity contribution in [3.8, 4) is 0 Å². The average molecular weight is 401 g/mol. The first-order valence-corrected chi connectivity index (χ1v) is 8.19. The predicted octanol–water partition coefficient (Wildman–Crippen LogP) is 3.80. The summed E-state index contributed by atoms with van der Waals surface area (Å²) in [5.74, 6) is 0.420. The van der Waals surface area contributed by atoms with Crippen LogP contribution in [-0.2, 0) is 13.5 Å². The summed E-state index contributed by atoms with van der Waals surface area (Å²) in [5, 5.41) is 7.77. The molecule has 108 valence electrons. The standard InChI is InChI=1S/C15H19Br2N3/c1-10-15(17)14(20(3)19-10)8-12(9-18-2)11-5-4-6-13(16)7-11/h4-7,12,18H,8-9H2,1-3H3. The molecule has 0 radical (unpaired) electrons. The fraction of sp³-hybridized carbons (Fsp3) is 0.400. The molecule has 1 aromatic heterocycles. The fourth-order valence-electron chi connectivity index (χ4n) is 2.45. The smallest absolute Gasteiger partial charge is 0.0738 e. The highest BCUT2D eigenvalue weighted by atomic mass is 79.9. The van der Waals surface area contributed by atoms with Gasteiger partial charge in [-0.2, -0.15) is 5.10 Å². The first kappa shape index (κ1) is 15.7. The fourth-order valence-corrected chi connectivity index (χ4v) is 3.36. The highest BCUT2D eigenvalue weighted by Crippen LogP contribution is 2.28. The Morgan fingerprint density at radius 1 is 1.35 bits per heavy atom. The zero-order valence-electron chi connectivity index (χ0n) is 12.0. The molecule has 1 N–H and O–H groups in total. The Morgan fingerprint density at radius 3 is 2.65 bits per heavy atom. The number of hydrogen-bond acceptors (Lipinski definition) is 2. The lowest BCUT2D eigenvalue weighted by atomic mass is 9.94. The highest BCUT2D eigenvalue weighted by molar-refractivity contribution is 9.10. The topological polar surface area (TPSA) is 29.9 Å². The molecular formula is C15H19Br2N3. The van der Waals surface area contributed by atoms with Crippen molar-refractivity contribution in [3.63, 3.8) is 0 Å². The minimum Gasteiger partial charge on any atom is -0.319 e. The monoisotopic (exact) mass is 399 g/mol. The third-order valence-electron chi connectivity index (χ3n) is 3.47. The van der Waals surface area contributed by atoms with Crippen LogP contribution in [0.2, 0.25) is 0 Å². The van der Waals surface area contributed by atoms with Gasteiger partial charge in [-0.25, -0.2) is 0 Å². The number of likely N-dealkylation sites (N-methyl/N-ethyl adjacent to an activating group) is 1. The van der Waals surface area contributed by atoms with Gasteiger partial charge in [0.2, 0.25) is 0 Å². The summed E-state index contributed by atoms with van der Waals surface area (Å²) in [5.41, 5.74) is 3.61. The summed E-state index contributed by atoms with van der Waals surface area (Å²) in [6.45, 7) is 2.97. The van der Waals surface area contributed by atoms with E-state index >= 15 is 0 Å². The van der Waals surface area contributed by atoms with E-state index in [0.29, 0.717) is 5.92 Å². The molecule has 2 aromatic rings. The molecule has 1 unspecified atom stereocenters. The Morgan fingerprint density at radius 2 is 2.10 bits per heavy atom. The van der Waals surface area contributed by atoms with Gasteiger partial charge in [0.15, 0.2) is 0 Å². The van der Waals surface area contributed by atoms with Crippen molar-refractivity contribution in [3.05, 3.63) is 50.2 Å². The summed E-state index contributed by atoms with van der Waals surface area (Å²) in [6.07, 6.45) is 0.954. The van der Waals surface area contributed by atoms with Crippen molar-refractivity contribution in [1.29, 1.82) is 0 Å². The van der Waals surface area contributed by atoms with E-state index in [9.17, 15) is 0 Å². The summed E-state index contributed by atoms with van der Waals surface area (Å²) in [7, 11) is 4.00. The van der Waals surface area contributed by atoms with E-state index in [1.54, 1.807) is 0 Å². The molecule has 0 amide bonds. The van der Waals surface area contributed by atoms with Crippen LogP contribution in [0.15, 0.2) is 33.2 Å². The molecule has 0 saturated heterocycles. The number of hydrogen-bond donors (Lipinski definition) is 1. The van der Waals surface area contributed by atoms with Crippen LogP contribution in [0.1, 0.15) is 22.9 Å². The first-order chi connectivity index (χ1) is 9.52. The molecule has 0 aliphatic rings. The van der Waals surface area contributed by atoms with E-state index in [1.807, 2.05) is 25.7 Å². The molecule has 0 saturated carbocycles. The lowest BCUT2D eigenvalue weighted by Crippen LogP contribution is -2.20. The lowest BCUT2D eigenvalue weighted by molar-refractivity contribution is 0.589. The predicted molar refractivity (Wildman–Crippen MR) is 90.2 cm³/mol. The second kappa shape index (κ2) is 6.87. The van der Waals surface area contributed by atoms with Gasteiger partial charge in [0, 0.05) is 24.0 Å². The number of rotatable bonds is 5. The Hall–Kier alpha value is -0.650. The molecule has 0 aliphatic carbocycles. The molecule has 5 heteroatoms. The van der Waals surface area contributed by atoms with Gasteiger partial charge in [-0.3, -0.25) is 4.68 Å². The van der Waals surface area contributed by atoms with Crippen LogP contribution in [-0.4, -0.2) is 23.4 Å². The number of benzene rings is 1. The molecular weight excluding hydrogens is 382 g/mol. The number of nitrogens with one attached hydrogen (secondary N) is 1. The second-order valence-corrected chi connectivity index (χ2v) is 6.69. The van der Waals surface area contributed by atoms with Gasteiger partial charge in [-0.1, -0.05) is 28.1 Å². The third-order valence-corrected chi connectivity index (χ3v) is 5.00. The summed E-state index contributed by atoms with van der Waals surface area (Å²) in [6, 6.07) is 8.53. The zero-order chi connectivity index (χ0) is 14.7. The molecule has 20 heavy (non-hydrogen) atoms. The largest absolute Gasteiger partial charge is 0.319 e. The van der Waals surface area contributed by atoms with Crippen molar-refractivity contribution in [2.45, 2.75) is 19.3 Å². The van der Waals surface area contributed by atoms with Crippen LogP contribution in [0.5, 0.6) is 0 Å². The molecule has 1 aromatic carbocycles. The van der Waals surface area contributed by atoms with Crippen molar-refractivity contribution in [2.75, 3.05) is 13.6 Å². The molecule has 3 nitrogen and oxygen atoms in total. The van der Waals surface area contributed by atoms with E-state index < -0.39 is 0 Å². The quantitative estimate of drug-likeness (QED) is 0.827. The lowest BCUT2D eigenvalue weighted by Gasteiger charge is -2.18. The molecule has 1 atom stereocenters. The van der Waals surface area contributed by atoms with Gasteiger partial charge in [-0.05, 0) is 54.0 Å². The minimum atomic E-state index is 0.420. The van der Waals surface area contributed by atoms with Crippen molar-refractivity contribution < 1.29 is 0 Å². The number of aryl methyl sites for hydroxylation is 2. The van der Waals surface area contributed by atoms with E-state index in [-0.39, 0.29) is 0 Å². The zero-order valence-corrected chi connectivity index (χ0v) is 15.1. The van der Waals surface area contributed by atoms with Gasteiger partial charge in [0.25, 0.3) is 0 Å². The van der Waals surface area contributed by atoms with Gasteiger partial charge in [0.1, 0.15) is 0 Å². The van der Waals surface area contributed by atoms with Gasteiger partial charge < -0.3 is 5.32 Å². The molecule has 0 bridgehead atoms. The van der Waals surface area contributed by atoms with E-state index in [0.717, 1.165) is 27.6 Å². The molecule has 0 fully saturated rings. The average Bonchev–Trinajstić information content (AvgIpc) is 2.64. The van der Waals surface area contributed by atoms with Crippen LogP contribution in [0.3, 0.4) is 0 Å². The van der Waals surface area contributed by atoms with Crippen LogP contribution in [0.4, 0.5) is 0 Å². The molecule has 0 spiro atoms. The summed E-state index contributed by atoms with van der Waals surface area (Å²) >= 11 is 7.21. The Labute approximate surface area is 137 Å². The normalized spacial score (nSPS) is 12.7. The van der Waals surface area contributed by atoms with Crippen LogP contribution < -0.4 is 5.32 Å². The summed E-state index contributed by atoms with van der Waals surface area (Å²) < 4.78 is 4.22. The van der Waals surface area contributed by atoms with Gasteiger partial charge in [0.05, 0.1) is 15.9 Å². The maximum atomic E-state index is 4.48. The molecule has 2 rings (SSSR count). The third kappa shape index (κ3) is 3.51. The minimum absolute atomic E-state index is 0.420. The number of nitrogens with zero attached hydrogens (tertiary/aromatic N) is 2. The van der Waals surface area contributed by atoms with E-state index in [2.05, 4.69) is 66.5 Å². The van der Waals surface area contributed by atoms with Crippen molar-refractivity contribution >= 4 is 31.9 Å². The number of halogens is 2. The van der Waals surface area contributed by atoms with Gasteiger partial charge in [-0.15, -0.1) is 0 Å². The molecule has 0 aliphatic heterocycles. The highest BCUT2D eigenvalue weighted by Gasteiger charge is 2.18. The maximum absolute atomic E-state index is 4.48. The van der Waals surface area contributed by atoms with Crippen LogP contribution in [0.25, 0.3) is 0 Å². The Kier molecular flexibility index (Phi) is 5.41. The Bertz CT molecular complexity index is 593. The maximum Gasteiger partial charge on any atom is 0.0738 e. The number of aromatic nitrogens is 2. The molecule has 1 heterocycles. The van der Waals surface area contributed by atoms with E-state index in [4.69, 9.17) is 0 Å². The van der Waals surface area contributed by atoms with Crippen molar-refractivity contribution in [1.82, 2.24) is 15.1 Å². The second-order valence-electron chi connectivity index (χ2n) is 4.98. The van der Waals surface area contributed by atoms with Crippen LogP contribution in [0, 0.1) is 6.92 Å². The van der Waals surface area contributed by atoms with Crippen molar-refractivity contribution in [2.24, 2.45) is 7.05 Å². The van der Waals surface area contributed by atoms with Gasteiger partial charge >= 0.3 is 0 Å². The van der Waals surface area contributed by atoms with Crippen LogP contribution >= 0.6 is 31.9 Å². The SMILES string of the molecule is CNCC(Cc1c(Br)c(C)nn1C)c1cccc(Br)c1.